The van der Waals surface area contributed by atoms with E-state index < -0.39 is 4.92 Å². The summed E-state index contributed by atoms with van der Waals surface area (Å²) < 4.78 is 0. The van der Waals surface area contributed by atoms with Crippen molar-refractivity contribution in [3.8, 4) is 23.5 Å². The zero-order valence-electron chi connectivity index (χ0n) is 9.88. The van der Waals surface area contributed by atoms with E-state index in [1.807, 2.05) is 30.3 Å². The molecule has 0 fully saturated rings. The largest absolute Gasteiger partial charge is 0.270 e. The molecule has 2 rings (SSSR count). The molecule has 0 saturated heterocycles. The highest BCUT2D eigenvalue weighted by Gasteiger charge is 2.14. The third-order valence-electron chi connectivity index (χ3n) is 2.76. The summed E-state index contributed by atoms with van der Waals surface area (Å²) in [6, 6.07) is 12.5. The zero-order valence-corrected chi connectivity index (χ0v) is 9.88. The van der Waals surface area contributed by atoms with Crippen molar-refractivity contribution in [3.05, 3.63) is 63.7 Å². The van der Waals surface area contributed by atoms with Gasteiger partial charge in [0.2, 0.25) is 0 Å². The van der Waals surface area contributed by atoms with Crippen LogP contribution in [0.1, 0.15) is 11.1 Å². The van der Waals surface area contributed by atoms with Crippen LogP contribution in [0, 0.1) is 29.4 Å². The van der Waals surface area contributed by atoms with E-state index >= 15 is 0 Å². The monoisotopic (exact) mass is 237 g/mol. The summed E-state index contributed by atoms with van der Waals surface area (Å²) >= 11 is 0. The molecule has 0 aliphatic rings. The molecule has 3 nitrogen and oxygen atoms in total. The van der Waals surface area contributed by atoms with Gasteiger partial charge in [-0.25, -0.2) is 0 Å². The molecule has 0 amide bonds. The summed E-state index contributed by atoms with van der Waals surface area (Å²) in [5.74, 6) is 2.61. The molecule has 0 aliphatic heterocycles. The van der Waals surface area contributed by atoms with Gasteiger partial charge in [-0.3, -0.25) is 10.1 Å². The Labute approximate surface area is 105 Å². The Morgan fingerprint density at radius 1 is 1.22 bits per heavy atom. The van der Waals surface area contributed by atoms with Gasteiger partial charge in [0.05, 0.1) is 4.92 Å². The molecule has 3 heteroatoms. The molecule has 0 spiro atoms. The fourth-order valence-electron chi connectivity index (χ4n) is 1.91. The van der Waals surface area contributed by atoms with E-state index in [0.29, 0.717) is 5.56 Å². The zero-order chi connectivity index (χ0) is 13.1. The summed E-state index contributed by atoms with van der Waals surface area (Å²) in [6.45, 7) is 1.79. The predicted octanol–water partition coefficient (Wildman–Crippen LogP) is 3.55. The van der Waals surface area contributed by atoms with Crippen LogP contribution in [0.5, 0.6) is 0 Å². The Kier molecular flexibility index (Phi) is 3.11. The maximum absolute atomic E-state index is 10.9. The van der Waals surface area contributed by atoms with Crippen molar-refractivity contribution in [2.24, 2.45) is 0 Å². The second-order valence-corrected chi connectivity index (χ2v) is 3.95. The van der Waals surface area contributed by atoms with Crippen LogP contribution in [-0.2, 0) is 0 Å². The standard InChI is InChI=1S/C15H11NO2/c1-3-14-11(2)9-13(16(17)18)10-15(14)12-7-5-4-6-8-12/h1,4-10H,2H3. The normalized spacial score (nSPS) is 9.78. The number of hydrogen-bond donors (Lipinski definition) is 0. The number of nitrogens with zero attached hydrogens (tertiary/aromatic N) is 1. The van der Waals surface area contributed by atoms with Gasteiger partial charge in [-0.15, -0.1) is 6.42 Å². The van der Waals surface area contributed by atoms with Crippen molar-refractivity contribution < 1.29 is 4.92 Å². The van der Waals surface area contributed by atoms with E-state index in [0.717, 1.165) is 16.7 Å². The minimum Gasteiger partial charge on any atom is -0.258 e. The van der Waals surface area contributed by atoms with Crippen LogP contribution in [0.25, 0.3) is 11.1 Å². The van der Waals surface area contributed by atoms with Crippen LogP contribution in [0.3, 0.4) is 0 Å². The number of aryl methyl sites for hydroxylation is 1. The molecule has 2 aromatic carbocycles. The van der Waals surface area contributed by atoms with Crippen molar-refractivity contribution in [1.29, 1.82) is 0 Å². The molecule has 0 radical (unpaired) electrons. The highest BCUT2D eigenvalue weighted by molar-refractivity contribution is 5.75. The van der Waals surface area contributed by atoms with Crippen molar-refractivity contribution >= 4 is 5.69 Å². The molecule has 0 saturated carbocycles. The first-order valence-electron chi connectivity index (χ1n) is 5.44. The number of benzene rings is 2. The molecule has 0 atom stereocenters. The summed E-state index contributed by atoms with van der Waals surface area (Å²) in [6.07, 6.45) is 5.50. The average molecular weight is 237 g/mol. The Bertz CT molecular complexity index is 640. The summed E-state index contributed by atoms with van der Waals surface area (Å²) in [4.78, 5) is 10.5. The molecular weight excluding hydrogens is 226 g/mol. The van der Waals surface area contributed by atoms with Gasteiger partial charge in [0, 0.05) is 23.3 Å². The molecule has 0 aromatic heterocycles. The van der Waals surface area contributed by atoms with Crippen LogP contribution in [0.15, 0.2) is 42.5 Å². The van der Waals surface area contributed by atoms with Gasteiger partial charge >= 0.3 is 0 Å². The molecule has 0 N–H and O–H groups in total. The Morgan fingerprint density at radius 3 is 2.44 bits per heavy atom. The lowest BCUT2D eigenvalue weighted by molar-refractivity contribution is -0.384. The highest BCUT2D eigenvalue weighted by atomic mass is 16.6. The van der Waals surface area contributed by atoms with Gasteiger partial charge in [-0.2, -0.15) is 0 Å². The minimum atomic E-state index is -0.403. The average Bonchev–Trinajstić information content (AvgIpc) is 2.38. The predicted molar refractivity (Wildman–Crippen MR) is 71.2 cm³/mol. The van der Waals surface area contributed by atoms with E-state index in [9.17, 15) is 10.1 Å². The molecule has 0 heterocycles. The number of terminal acetylenes is 1. The molecule has 88 valence electrons. The molecule has 0 aliphatic carbocycles. The first-order chi connectivity index (χ1) is 8.63. The van der Waals surface area contributed by atoms with Gasteiger partial charge in [0.15, 0.2) is 0 Å². The van der Waals surface area contributed by atoms with Gasteiger partial charge in [-0.05, 0) is 18.1 Å². The number of nitro groups is 1. The van der Waals surface area contributed by atoms with E-state index in [1.165, 1.54) is 12.1 Å². The van der Waals surface area contributed by atoms with Gasteiger partial charge in [0.25, 0.3) is 5.69 Å². The smallest absolute Gasteiger partial charge is 0.258 e. The quantitative estimate of drug-likeness (QED) is 0.455. The number of rotatable bonds is 2. The van der Waals surface area contributed by atoms with Crippen LogP contribution in [0.4, 0.5) is 5.69 Å². The Balaban J connectivity index is 2.73. The molecule has 0 bridgehead atoms. The maximum Gasteiger partial charge on any atom is 0.270 e. The number of non-ortho nitro benzene ring substituents is 1. The second-order valence-electron chi connectivity index (χ2n) is 3.95. The highest BCUT2D eigenvalue weighted by Crippen LogP contribution is 2.30. The first kappa shape index (κ1) is 11.9. The second kappa shape index (κ2) is 4.72. The fourth-order valence-corrected chi connectivity index (χ4v) is 1.91. The van der Waals surface area contributed by atoms with E-state index in [1.54, 1.807) is 6.92 Å². The SMILES string of the molecule is C#Cc1c(C)cc([N+](=O)[O-])cc1-c1ccccc1. The van der Waals surface area contributed by atoms with Gasteiger partial charge in [-0.1, -0.05) is 36.3 Å². The molecular formula is C15H11NO2. The van der Waals surface area contributed by atoms with E-state index in [2.05, 4.69) is 5.92 Å². The number of nitro benzene ring substituents is 1. The maximum atomic E-state index is 10.9. The Hall–Kier alpha value is -2.60. The third kappa shape index (κ3) is 2.09. The summed E-state index contributed by atoms with van der Waals surface area (Å²) in [7, 11) is 0. The lowest BCUT2D eigenvalue weighted by Crippen LogP contribution is -1.94. The van der Waals surface area contributed by atoms with Crippen LogP contribution in [-0.4, -0.2) is 4.92 Å². The van der Waals surface area contributed by atoms with Crippen molar-refractivity contribution in [2.75, 3.05) is 0 Å². The lowest BCUT2D eigenvalue weighted by atomic mass is 9.95. The van der Waals surface area contributed by atoms with Gasteiger partial charge < -0.3 is 0 Å². The first-order valence-corrected chi connectivity index (χ1v) is 5.44. The third-order valence-corrected chi connectivity index (χ3v) is 2.76. The van der Waals surface area contributed by atoms with E-state index in [-0.39, 0.29) is 5.69 Å². The topological polar surface area (TPSA) is 43.1 Å². The fraction of sp³-hybridized carbons (Fsp3) is 0.0667. The van der Waals surface area contributed by atoms with Crippen molar-refractivity contribution in [1.82, 2.24) is 0 Å². The molecule has 2 aromatic rings. The van der Waals surface area contributed by atoms with Gasteiger partial charge in [0.1, 0.15) is 0 Å². The molecule has 0 unspecified atom stereocenters. The van der Waals surface area contributed by atoms with E-state index in [4.69, 9.17) is 6.42 Å². The summed E-state index contributed by atoms with van der Waals surface area (Å²) in [5, 5.41) is 10.9. The molecule has 18 heavy (non-hydrogen) atoms. The summed E-state index contributed by atoms with van der Waals surface area (Å²) in [5.41, 5.74) is 3.12. The number of hydrogen-bond acceptors (Lipinski definition) is 2. The minimum absolute atomic E-state index is 0.0605. The van der Waals surface area contributed by atoms with Crippen LogP contribution < -0.4 is 0 Å². The lowest BCUT2D eigenvalue weighted by Gasteiger charge is -2.08. The van der Waals surface area contributed by atoms with Crippen LogP contribution in [0.2, 0.25) is 0 Å². The van der Waals surface area contributed by atoms with Crippen LogP contribution >= 0.6 is 0 Å². The van der Waals surface area contributed by atoms with Crippen molar-refractivity contribution in [2.45, 2.75) is 6.92 Å². The Morgan fingerprint density at radius 2 is 1.89 bits per heavy atom. The van der Waals surface area contributed by atoms with Crippen molar-refractivity contribution in [3.63, 3.8) is 0 Å².